The Hall–Kier alpha value is -3.12. The largest absolute Gasteiger partial charge is 0.497 e. The molecule has 11 nitrogen and oxygen atoms in total. The van der Waals surface area contributed by atoms with Crippen molar-refractivity contribution in [1.29, 1.82) is 0 Å². The van der Waals surface area contributed by atoms with Crippen LogP contribution in [-0.2, 0) is 39.8 Å². The minimum atomic E-state index is -0.894. The van der Waals surface area contributed by atoms with Gasteiger partial charge in [-0.1, -0.05) is 23.8 Å². The second kappa shape index (κ2) is 15.4. The smallest absolute Gasteiger partial charge is 0.234 e. The lowest BCUT2D eigenvalue weighted by Gasteiger charge is -2.35. The van der Waals surface area contributed by atoms with E-state index in [1.807, 2.05) is 29.2 Å². The Balaban J connectivity index is 1.32. The molecule has 0 saturated carbocycles. The molecule has 2 amide bonds. The van der Waals surface area contributed by atoms with Gasteiger partial charge < -0.3 is 29.6 Å². The van der Waals surface area contributed by atoms with Crippen LogP contribution >= 0.6 is 0 Å². The Morgan fingerprint density at radius 1 is 1.02 bits per heavy atom. The summed E-state index contributed by atoms with van der Waals surface area (Å²) in [6.07, 6.45) is 6.87. The van der Waals surface area contributed by atoms with Gasteiger partial charge in [0.15, 0.2) is 11.6 Å². The minimum Gasteiger partial charge on any atom is -0.497 e. The van der Waals surface area contributed by atoms with Crippen molar-refractivity contribution in [3.63, 3.8) is 0 Å². The Labute approximate surface area is 265 Å². The van der Waals surface area contributed by atoms with Gasteiger partial charge in [-0.3, -0.25) is 24.1 Å². The van der Waals surface area contributed by atoms with Crippen LogP contribution in [0.2, 0.25) is 0 Å². The number of epoxide rings is 1. The van der Waals surface area contributed by atoms with Crippen LogP contribution in [0.25, 0.3) is 0 Å². The standard InChI is InChI=1S/C34H47N3O8/c1-34(22-45-34)32(40)28(17-23-6-4-3-5-7-23)35-33(41)25(16-24-8-10-27(42-2)11-9-24)18-29(38)31(26-20-44-21-26)36-30(39)19-37-12-14-43-15-13-37/h6,8-11,25-26,28,31H,3-5,7,12-22H2,1-2H3,(H,35,41)(H,36,39). The van der Waals surface area contributed by atoms with Gasteiger partial charge in [-0.15, -0.1) is 0 Å². The fourth-order valence-electron chi connectivity index (χ4n) is 6.23. The lowest BCUT2D eigenvalue weighted by Crippen LogP contribution is -2.55. The molecule has 3 saturated heterocycles. The van der Waals surface area contributed by atoms with Crippen LogP contribution in [0.4, 0.5) is 0 Å². The summed E-state index contributed by atoms with van der Waals surface area (Å²) < 4.78 is 21.5. The summed E-state index contributed by atoms with van der Waals surface area (Å²) in [5.41, 5.74) is 1.13. The van der Waals surface area contributed by atoms with Gasteiger partial charge in [-0.25, -0.2) is 0 Å². The van der Waals surface area contributed by atoms with Crippen molar-refractivity contribution < 1.29 is 38.1 Å². The second-order valence-corrected chi connectivity index (χ2v) is 12.9. The van der Waals surface area contributed by atoms with E-state index >= 15 is 0 Å². The van der Waals surface area contributed by atoms with Gasteiger partial charge in [0.25, 0.3) is 0 Å². The normalized spacial score (nSPS) is 23.9. The summed E-state index contributed by atoms with van der Waals surface area (Å²) in [5.74, 6) is -1.18. The number of ether oxygens (including phenoxy) is 4. The zero-order valence-electron chi connectivity index (χ0n) is 26.5. The van der Waals surface area contributed by atoms with E-state index in [2.05, 4.69) is 16.7 Å². The summed E-state index contributed by atoms with van der Waals surface area (Å²) in [6, 6.07) is 5.88. The third kappa shape index (κ3) is 9.22. The predicted octanol–water partition coefficient (Wildman–Crippen LogP) is 2.01. The number of rotatable bonds is 16. The maximum absolute atomic E-state index is 14.0. The molecular weight excluding hydrogens is 578 g/mol. The lowest BCUT2D eigenvalue weighted by molar-refractivity contribution is -0.138. The van der Waals surface area contributed by atoms with Gasteiger partial charge in [-0.05, 0) is 63.1 Å². The van der Waals surface area contributed by atoms with Crippen molar-refractivity contribution in [1.82, 2.24) is 15.5 Å². The fourth-order valence-corrected chi connectivity index (χ4v) is 6.23. The van der Waals surface area contributed by atoms with E-state index in [9.17, 15) is 19.2 Å². The number of allylic oxidation sites excluding steroid dienone is 1. The van der Waals surface area contributed by atoms with Gasteiger partial charge in [0, 0.05) is 31.3 Å². The highest BCUT2D eigenvalue weighted by Gasteiger charge is 2.50. The number of hydrogen-bond donors (Lipinski definition) is 2. The van der Waals surface area contributed by atoms with E-state index in [0.717, 1.165) is 31.2 Å². The highest BCUT2D eigenvalue weighted by Crippen LogP contribution is 2.31. The number of hydrogen-bond acceptors (Lipinski definition) is 9. The molecule has 3 heterocycles. The third-order valence-electron chi connectivity index (χ3n) is 9.31. The maximum atomic E-state index is 14.0. The average molecular weight is 626 g/mol. The van der Waals surface area contributed by atoms with Crippen LogP contribution in [-0.4, -0.2) is 106 Å². The molecule has 0 bridgehead atoms. The number of ketones is 2. The van der Waals surface area contributed by atoms with E-state index in [4.69, 9.17) is 18.9 Å². The molecule has 246 valence electrons. The molecule has 11 heteroatoms. The van der Waals surface area contributed by atoms with Crippen LogP contribution in [0.15, 0.2) is 35.9 Å². The number of amides is 2. The van der Waals surface area contributed by atoms with Crippen molar-refractivity contribution in [2.24, 2.45) is 11.8 Å². The first-order chi connectivity index (χ1) is 21.7. The zero-order valence-corrected chi connectivity index (χ0v) is 26.5. The number of carbonyl (C=O) groups excluding carboxylic acids is 4. The molecule has 3 fully saturated rings. The van der Waals surface area contributed by atoms with Crippen LogP contribution < -0.4 is 15.4 Å². The number of nitrogens with zero attached hydrogens (tertiary/aromatic N) is 1. The van der Waals surface area contributed by atoms with E-state index in [1.54, 1.807) is 14.0 Å². The third-order valence-corrected chi connectivity index (χ3v) is 9.31. The van der Waals surface area contributed by atoms with E-state index in [-0.39, 0.29) is 48.7 Å². The lowest BCUT2D eigenvalue weighted by atomic mass is 9.85. The van der Waals surface area contributed by atoms with Gasteiger partial charge in [0.2, 0.25) is 11.8 Å². The monoisotopic (exact) mass is 625 g/mol. The van der Waals surface area contributed by atoms with E-state index in [0.29, 0.717) is 58.3 Å². The summed E-state index contributed by atoms with van der Waals surface area (Å²) in [7, 11) is 1.59. The molecule has 1 aromatic carbocycles. The van der Waals surface area contributed by atoms with E-state index in [1.165, 1.54) is 5.57 Å². The summed E-state index contributed by atoms with van der Waals surface area (Å²) in [6.45, 7) is 5.46. The molecule has 0 aromatic heterocycles. The van der Waals surface area contributed by atoms with Crippen molar-refractivity contribution in [3.8, 4) is 5.75 Å². The zero-order chi connectivity index (χ0) is 31.8. The summed E-state index contributed by atoms with van der Waals surface area (Å²) >= 11 is 0. The first-order valence-corrected chi connectivity index (χ1v) is 16.2. The SMILES string of the molecule is COc1ccc(CC(CC(=O)C(NC(=O)CN2CCOCC2)C2COC2)C(=O)NC(CC2=CCCCC2)C(=O)C2(C)CO2)cc1. The number of benzene rings is 1. The minimum absolute atomic E-state index is 0.0890. The highest BCUT2D eigenvalue weighted by molar-refractivity contribution is 5.98. The fraction of sp³-hybridized carbons (Fsp3) is 0.647. The maximum Gasteiger partial charge on any atom is 0.234 e. The Kier molecular flexibility index (Phi) is 11.4. The van der Waals surface area contributed by atoms with Crippen LogP contribution in [0.3, 0.4) is 0 Å². The van der Waals surface area contributed by atoms with Crippen molar-refractivity contribution in [2.75, 3.05) is 59.8 Å². The van der Waals surface area contributed by atoms with Gasteiger partial charge >= 0.3 is 0 Å². The molecule has 0 spiro atoms. The quantitative estimate of drug-likeness (QED) is 0.209. The topological polar surface area (TPSA) is 136 Å². The highest BCUT2D eigenvalue weighted by atomic mass is 16.6. The van der Waals surface area contributed by atoms with E-state index < -0.39 is 23.6 Å². The molecule has 4 aliphatic rings. The van der Waals surface area contributed by atoms with Crippen LogP contribution in [0.5, 0.6) is 5.75 Å². The molecule has 1 aliphatic carbocycles. The van der Waals surface area contributed by atoms with Gasteiger partial charge in [0.1, 0.15) is 11.4 Å². The molecule has 4 atom stereocenters. The number of carbonyl (C=O) groups is 4. The molecule has 2 N–H and O–H groups in total. The molecule has 4 unspecified atom stereocenters. The van der Waals surface area contributed by atoms with Crippen LogP contribution in [0.1, 0.15) is 51.0 Å². The number of methoxy groups -OCH3 is 1. The van der Waals surface area contributed by atoms with Crippen molar-refractivity contribution in [2.45, 2.75) is 69.6 Å². The van der Waals surface area contributed by atoms with Gasteiger partial charge in [-0.2, -0.15) is 0 Å². The molecular formula is C34H47N3O8. The molecule has 1 aromatic rings. The molecule has 5 rings (SSSR count). The van der Waals surface area contributed by atoms with Crippen molar-refractivity contribution in [3.05, 3.63) is 41.5 Å². The Morgan fingerprint density at radius 2 is 1.76 bits per heavy atom. The second-order valence-electron chi connectivity index (χ2n) is 12.9. The first kappa shape index (κ1) is 33.2. The van der Waals surface area contributed by atoms with Gasteiger partial charge in [0.05, 0.1) is 58.8 Å². The van der Waals surface area contributed by atoms with Crippen molar-refractivity contribution >= 4 is 23.4 Å². The number of morpholine rings is 1. The summed E-state index contributed by atoms with van der Waals surface area (Å²) in [5, 5.41) is 5.99. The number of Topliss-reactive ketones (excluding diaryl/α,β-unsaturated/α-hetero) is 2. The average Bonchev–Trinajstić information content (AvgIpc) is 3.78. The molecule has 3 aliphatic heterocycles. The Bertz CT molecular complexity index is 1230. The molecule has 45 heavy (non-hydrogen) atoms. The molecule has 0 radical (unpaired) electrons. The summed E-state index contributed by atoms with van der Waals surface area (Å²) in [4.78, 5) is 56.5. The predicted molar refractivity (Wildman–Crippen MR) is 166 cm³/mol. The Morgan fingerprint density at radius 3 is 2.36 bits per heavy atom. The first-order valence-electron chi connectivity index (χ1n) is 16.2. The van der Waals surface area contributed by atoms with Crippen LogP contribution in [0, 0.1) is 11.8 Å². The number of nitrogens with one attached hydrogen (secondary N) is 2.